The van der Waals surface area contributed by atoms with E-state index in [9.17, 15) is 13.6 Å². The Morgan fingerprint density at radius 3 is 2.57 bits per heavy atom. The van der Waals surface area contributed by atoms with Crippen molar-refractivity contribution in [1.82, 2.24) is 19.5 Å². The number of nitrogens with zero attached hydrogens (tertiary/aromatic N) is 4. The van der Waals surface area contributed by atoms with Crippen LogP contribution in [-0.4, -0.2) is 25.4 Å². The van der Waals surface area contributed by atoms with Gasteiger partial charge in [0.1, 0.15) is 5.82 Å². The standard InChI is InChI=1S/C20H23F2N5O/c1-6-13-7-16(26-19(25-13)20(5,21)22)15-10-27(11(2)3)17-9-23-18(8-14(15)17)24-12(4)28/h7-11H,6H2,1-5H3,(H,23,24,28). The van der Waals surface area contributed by atoms with E-state index in [4.69, 9.17) is 0 Å². The SMILES string of the molecule is CCc1cc(-c2cn(C(C)C)c3cnc(NC(C)=O)cc23)nc(C(C)(F)F)n1. The Hall–Kier alpha value is -2.90. The van der Waals surface area contributed by atoms with Crippen molar-refractivity contribution in [1.29, 1.82) is 0 Å². The summed E-state index contributed by atoms with van der Waals surface area (Å²) in [7, 11) is 0. The Balaban J connectivity index is 2.28. The molecule has 0 fully saturated rings. The van der Waals surface area contributed by atoms with Crippen molar-refractivity contribution in [3.05, 3.63) is 36.0 Å². The summed E-state index contributed by atoms with van der Waals surface area (Å²) < 4.78 is 29.9. The van der Waals surface area contributed by atoms with Gasteiger partial charge in [0.05, 0.1) is 17.4 Å². The molecule has 8 heteroatoms. The maximum atomic E-state index is 13.9. The Morgan fingerprint density at radius 1 is 1.29 bits per heavy atom. The molecule has 148 valence electrons. The van der Waals surface area contributed by atoms with E-state index in [1.165, 1.54) is 6.92 Å². The first-order valence-electron chi connectivity index (χ1n) is 9.15. The molecule has 3 heterocycles. The molecule has 0 aliphatic heterocycles. The van der Waals surface area contributed by atoms with Gasteiger partial charge in [0.25, 0.3) is 0 Å². The highest BCUT2D eigenvalue weighted by Gasteiger charge is 2.29. The second-order valence-corrected chi connectivity index (χ2v) is 7.12. The molecule has 0 aliphatic carbocycles. The molecule has 3 aromatic heterocycles. The zero-order valence-electron chi connectivity index (χ0n) is 16.5. The molecular formula is C20H23F2N5O. The maximum Gasteiger partial charge on any atom is 0.303 e. The van der Waals surface area contributed by atoms with E-state index in [0.29, 0.717) is 29.2 Å². The number of carbonyl (C=O) groups excluding carboxylic acids is 1. The van der Waals surface area contributed by atoms with E-state index in [1.54, 1.807) is 18.3 Å². The number of pyridine rings is 1. The first-order chi connectivity index (χ1) is 13.1. The van der Waals surface area contributed by atoms with Crippen molar-refractivity contribution in [2.45, 2.75) is 53.0 Å². The molecule has 0 radical (unpaired) electrons. The summed E-state index contributed by atoms with van der Waals surface area (Å²) in [4.78, 5) is 23.8. The van der Waals surface area contributed by atoms with Crippen LogP contribution in [0.5, 0.6) is 0 Å². The maximum absolute atomic E-state index is 13.9. The van der Waals surface area contributed by atoms with Crippen LogP contribution in [0.15, 0.2) is 24.5 Å². The molecule has 0 aliphatic rings. The molecule has 0 atom stereocenters. The van der Waals surface area contributed by atoms with Gasteiger partial charge in [-0.15, -0.1) is 0 Å². The fraction of sp³-hybridized carbons (Fsp3) is 0.400. The normalized spacial score (nSPS) is 12.0. The zero-order valence-corrected chi connectivity index (χ0v) is 16.5. The molecule has 0 aromatic carbocycles. The van der Waals surface area contributed by atoms with Gasteiger partial charge in [-0.3, -0.25) is 4.79 Å². The molecule has 0 spiro atoms. The van der Waals surface area contributed by atoms with E-state index in [-0.39, 0.29) is 11.9 Å². The molecule has 1 amide bonds. The topological polar surface area (TPSA) is 72.7 Å². The van der Waals surface area contributed by atoms with Crippen LogP contribution in [0.1, 0.15) is 52.2 Å². The molecule has 28 heavy (non-hydrogen) atoms. The Bertz CT molecular complexity index is 1040. The number of nitrogens with one attached hydrogen (secondary N) is 1. The molecule has 0 saturated heterocycles. The summed E-state index contributed by atoms with van der Waals surface area (Å²) in [5.74, 6) is -3.48. The van der Waals surface area contributed by atoms with E-state index < -0.39 is 11.7 Å². The lowest BCUT2D eigenvalue weighted by atomic mass is 10.1. The van der Waals surface area contributed by atoms with Crippen LogP contribution in [0, 0.1) is 0 Å². The number of fused-ring (bicyclic) bond motifs is 1. The third kappa shape index (κ3) is 3.85. The van der Waals surface area contributed by atoms with Crippen molar-refractivity contribution in [3.63, 3.8) is 0 Å². The lowest BCUT2D eigenvalue weighted by molar-refractivity contribution is -0.114. The van der Waals surface area contributed by atoms with Crippen molar-refractivity contribution >= 4 is 22.6 Å². The summed E-state index contributed by atoms with van der Waals surface area (Å²) in [5.41, 5.74) is 2.50. The van der Waals surface area contributed by atoms with E-state index >= 15 is 0 Å². The summed E-state index contributed by atoms with van der Waals surface area (Å²) in [6.45, 7) is 8.10. The van der Waals surface area contributed by atoms with Gasteiger partial charge in [-0.25, -0.2) is 15.0 Å². The van der Waals surface area contributed by atoms with Gasteiger partial charge >= 0.3 is 5.92 Å². The van der Waals surface area contributed by atoms with Gasteiger partial charge in [-0.05, 0) is 32.4 Å². The van der Waals surface area contributed by atoms with Crippen LogP contribution in [0.25, 0.3) is 22.2 Å². The highest BCUT2D eigenvalue weighted by molar-refractivity contribution is 5.98. The number of amides is 1. The third-order valence-corrected chi connectivity index (χ3v) is 4.39. The molecular weight excluding hydrogens is 364 g/mol. The number of alkyl halides is 2. The number of anilines is 1. The Kier molecular flexibility index (Phi) is 5.14. The fourth-order valence-corrected chi connectivity index (χ4v) is 3.04. The largest absolute Gasteiger partial charge is 0.343 e. The lowest BCUT2D eigenvalue weighted by Gasteiger charge is -2.12. The second-order valence-electron chi connectivity index (χ2n) is 7.12. The van der Waals surface area contributed by atoms with Gasteiger partial charge in [-0.2, -0.15) is 8.78 Å². The molecule has 3 rings (SSSR count). The second kappa shape index (κ2) is 7.26. The number of carbonyl (C=O) groups is 1. The van der Waals surface area contributed by atoms with Crippen LogP contribution in [0.4, 0.5) is 14.6 Å². The van der Waals surface area contributed by atoms with Crippen molar-refractivity contribution < 1.29 is 13.6 Å². The minimum atomic E-state index is -3.14. The number of hydrogen-bond donors (Lipinski definition) is 1. The average Bonchev–Trinajstić information content (AvgIpc) is 2.99. The highest BCUT2D eigenvalue weighted by Crippen LogP contribution is 2.34. The van der Waals surface area contributed by atoms with Crippen molar-refractivity contribution in [2.75, 3.05) is 5.32 Å². The Labute approximate surface area is 162 Å². The summed E-state index contributed by atoms with van der Waals surface area (Å²) >= 11 is 0. The fourth-order valence-electron chi connectivity index (χ4n) is 3.04. The van der Waals surface area contributed by atoms with Crippen LogP contribution in [0.2, 0.25) is 0 Å². The predicted molar refractivity (Wildman–Crippen MR) is 104 cm³/mol. The van der Waals surface area contributed by atoms with E-state index in [1.807, 2.05) is 31.5 Å². The van der Waals surface area contributed by atoms with E-state index in [0.717, 1.165) is 17.8 Å². The van der Waals surface area contributed by atoms with Crippen molar-refractivity contribution in [2.24, 2.45) is 0 Å². The average molecular weight is 387 g/mol. The summed E-state index contributed by atoms with van der Waals surface area (Å²) in [5, 5.41) is 3.44. The highest BCUT2D eigenvalue weighted by atomic mass is 19.3. The van der Waals surface area contributed by atoms with E-state index in [2.05, 4.69) is 20.3 Å². The minimum absolute atomic E-state index is 0.129. The summed E-state index contributed by atoms with van der Waals surface area (Å²) in [6, 6.07) is 3.60. The number of aromatic nitrogens is 4. The van der Waals surface area contributed by atoms with Gasteiger partial charge < -0.3 is 9.88 Å². The monoisotopic (exact) mass is 387 g/mol. The quantitative estimate of drug-likeness (QED) is 0.688. The van der Waals surface area contributed by atoms with Gasteiger partial charge in [0, 0.05) is 42.7 Å². The van der Waals surface area contributed by atoms with Crippen molar-refractivity contribution in [3.8, 4) is 11.3 Å². The smallest absolute Gasteiger partial charge is 0.303 e. The predicted octanol–water partition coefficient (Wildman–Crippen LogP) is 4.71. The molecule has 3 aromatic rings. The van der Waals surface area contributed by atoms with Gasteiger partial charge in [-0.1, -0.05) is 6.92 Å². The number of rotatable bonds is 5. The molecule has 1 N–H and O–H groups in total. The lowest BCUT2D eigenvalue weighted by Crippen LogP contribution is -2.14. The minimum Gasteiger partial charge on any atom is -0.343 e. The first-order valence-corrected chi connectivity index (χ1v) is 9.15. The number of hydrogen-bond acceptors (Lipinski definition) is 4. The van der Waals surface area contributed by atoms with Crippen LogP contribution < -0.4 is 5.32 Å². The number of halogens is 2. The van der Waals surface area contributed by atoms with Gasteiger partial charge in [0.15, 0.2) is 5.82 Å². The Morgan fingerprint density at radius 2 is 2.00 bits per heavy atom. The first kappa shape index (κ1) is 19.9. The third-order valence-electron chi connectivity index (χ3n) is 4.39. The van der Waals surface area contributed by atoms with Crippen LogP contribution in [0.3, 0.4) is 0 Å². The van der Waals surface area contributed by atoms with Gasteiger partial charge in [0.2, 0.25) is 5.91 Å². The van der Waals surface area contributed by atoms with Crippen LogP contribution >= 0.6 is 0 Å². The number of aryl methyl sites for hydroxylation is 1. The molecule has 0 saturated carbocycles. The molecule has 0 unspecified atom stereocenters. The summed E-state index contributed by atoms with van der Waals surface area (Å²) in [6.07, 6.45) is 4.06. The molecule has 6 nitrogen and oxygen atoms in total. The van der Waals surface area contributed by atoms with Crippen LogP contribution in [-0.2, 0) is 17.1 Å². The zero-order chi connectivity index (χ0) is 20.6. The molecule has 0 bridgehead atoms.